The largest absolute Gasteiger partial charge is 0.385 e. The molecule has 1 aromatic rings. The van der Waals surface area contributed by atoms with Crippen molar-refractivity contribution in [2.24, 2.45) is 0 Å². The number of aliphatic hydroxyl groups excluding tert-OH is 1. The Morgan fingerprint density at radius 1 is 1.44 bits per heavy atom. The topological polar surface area (TPSA) is 49.3 Å². The van der Waals surface area contributed by atoms with Gasteiger partial charge in [-0.05, 0) is 34.7 Å². The summed E-state index contributed by atoms with van der Waals surface area (Å²) in [7, 11) is 0. The zero-order valence-electron chi connectivity index (χ0n) is 8.16. The van der Waals surface area contributed by atoms with Gasteiger partial charge in [0.15, 0.2) is 0 Å². The number of aliphatic hydroxyl groups is 1. The zero-order chi connectivity index (χ0) is 12.1. The Morgan fingerprint density at radius 2 is 2.06 bits per heavy atom. The predicted molar refractivity (Wildman–Crippen MR) is 63.5 cm³/mol. The Bertz CT molecular complexity index is 374. The van der Waals surface area contributed by atoms with Gasteiger partial charge < -0.3 is 10.4 Å². The van der Waals surface area contributed by atoms with Crippen molar-refractivity contribution in [2.45, 2.75) is 12.5 Å². The van der Waals surface area contributed by atoms with Crippen LogP contribution in [0.4, 0.5) is 8.78 Å². The van der Waals surface area contributed by atoms with E-state index in [9.17, 15) is 13.6 Å². The van der Waals surface area contributed by atoms with Crippen molar-refractivity contribution in [3.8, 4) is 0 Å². The number of hydrogen-bond acceptors (Lipinski definition) is 2. The second-order valence-electron chi connectivity index (χ2n) is 3.09. The van der Waals surface area contributed by atoms with Crippen LogP contribution in [-0.2, 0) is 0 Å². The van der Waals surface area contributed by atoms with Crippen LogP contribution in [0.3, 0.4) is 0 Å². The van der Waals surface area contributed by atoms with Crippen LogP contribution >= 0.6 is 22.6 Å². The van der Waals surface area contributed by atoms with Crippen molar-refractivity contribution in [1.29, 1.82) is 0 Å². The van der Waals surface area contributed by atoms with Gasteiger partial charge in [-0.3, -0.25) is 4.79 Å². The Morgan fingerprint density at radius 3 is 2.62 bits per heavy atom. The summed E-state index contributed by atoms with van der Waals surface area (Å²) < 4.78 is 24.6. The van der Waals surface area contributed by atoms with Crippen LogP contribution in [0.2, 0.25) is 0 Å². The minimum Gasteiger partial charge on any atom is -0.385 e. The summed E-state index contributed by atoms with van der Waals surface area (Å²) in [6.07, 6.45) is -4.68. The molecule has 0 radical (unpaired) electrons. The summed E-state index contributed by atoms with van der Waals surface area (Å²) in [5, 5.41) is 11.1. The first-order chi connectivity index (χ1) is 7.52. The molecule has 0 aliphatic carbocycles. The highest BCUT2D eigenvalue weighted by atomic mass is 127. The van der Waals surface area contributed by atoms with Crippen molar-refractivity contribution in [3.63, 3.8) is 0 Å². The van der Waals surface area contributed by atoms with E-state index in [2.05, 4.69) is 5.32 Å². The lowest BCUT2D eigenvalue weighted by Gasteiger charge is -2.11. The highest BCUT2D eigenvalue weighted by molar-refractivity contribution is 14.1. The first-order valence-electron chi connectivity index (χ1n) is 4.51. The summed E-state index contributed by atoms with van der Waals surface area (Å²) in [5.74, 6) is -0.468. The van der Waals surface area contributed by atoms with Gasteiger partial charge in [0.25, 0.3) is 12.3 Å². The van der Waals surface area contributed by atoms with E-state index in [4.69, 9.17) is 5.11 Å². The van der Waals surface area contributed by atoms with E-state index < -0.39 is 25.0 Å². The highest BCUT2D eigenvalue weighted by Gasteiger charge is 2.18. The molecule has 1 aromatic carbocycles. The molecule has 0 saturated heterocycles. The molecule has 0 aromatic heterocycles. The number of benzene rings is 1. The molecule has 1 rings (SSSR count). The van der Waals surface area contributed by atoms with Gasteiger partial charge in [-0.15, -0.1) is 0 Å². The molecule has 88 valence electrons. The number of nitrogens with one attached hydrogen (secondary N) is 1. The Balaban J connectivity index is 2.57. The van der Waals surface area contributed by atoms with Crippen LogP contribution in [0.15, 0.2) is 24.3 Å². The molecule has 0 bridgehead atoms. The molecule has 3 nitrogen and oxygen atoms in total. The third kappa shape index (κ3) is 3.67. The first kappa shape index (κ1) is 13.3. The maximum Gasteiger partial charge on any atom is 0.265 e. The third-order valence-electron chi connectivity index (χ3n) is 1.88. The SMILES string of the molecule is O=C(NCC(O)C(F)F)c1ccccc1I. The van der Waals surface area contributed by atoms with Gasteiger partial charge in [0, 0.05) is 10.1 Å². The molecule has 2 N–H and O–H groups in total. The van der Waals surface area contributed by atoms with Gasteiger partial charge in [-0.1, -0.05) is 12.1 Å². The van der Waals surface area contributed by atoms with E-state index in [-0.39, 0.29) is 0 Å². The van der Waals surface area contributed by atoms with Gasteiger partial charge in [-0.25, -0.2) is 8.78 Å². The zero-order valence-corrected chi connectivity index (χ0v) is 10.3. The van der Waals surface area contributed by atoms with Crippen LogP contribution in [0, 0.1) is 3.57 Å². The fourth-order valence-electron chi connectivity index (χ4n) is 1.03. The fraction of sp³-hybridized carbons (Fsp3) is 0.300. The van der Waals surface area contributed by atoms with Gasteiger partial charge in [0.2, 0.25) is 0 Å². The molecule has 16 heavy (non-hydrogen) atoms. The van der Waals surface area contributed by atoms with Crippen molar-refractivity contribution >= 4 is 28.5 Å². The average Bonchev–Trinajstić information content (AvgIpc) is 2.25. The van der Waals surface area contributed by atoms with Crippen LogP contribution < -0.4 is 5.32 Å². The monoisotopic (exact) mass is 341 g/mol. The standard InChI is InChI=1S/C10H10F2INO2/c11-9(12)8(15)5-14-10(16)6-3-1-2-4-7(6)13/h1-4,8-9,15H,5H2,(H,14,16). The lowest BCUT2D eigenvalue weighted by molar-refractivity contribution is -0.00270. The number of halogens is 3. The van der Waals surface area contributed by atoms with Crippen molar-refractivity contribution < 1.29 is 18.7 Å². The maximum absolute atomic E-state index is 12.0. The normalized spacial score (nSPS) is 12.6. The first-order valence-corrected chi connectivity index (χ1v) is 5.59. The molecule has 1 unspecified atom stereocenters. The second kappa shape index (κ2) is 6.09. The van der Waals surface area contributed by atoms with E-state index >= 15 is 0 Å². The van der Waals surface area contributed by atoms with Gasteiger partial charge in [0.05, 0.1) is 5.56 Å². The van der Waals surface area contributed by atoms with Crippen LogP contribution in [0.1, 0.15) is 10.4 Å². The van der Waals surface area contributed by atoms with Gasteiger partial charge >= 0.3 is 0 Å². The van der Waals surface area contributed by atoms with E-state index in [0.717, 1.165) is 3.57 Å². The molecule has 0 fully saturated rings. The molecule has 0 saturated carbocycles. The number of hydrogen-bond donors (Lipinski definition) is 2. The summed E-state index contributed by atoms with van der Waals surface area (Å²) in [6, 6.07) is 6.78. The van der Waals surface area contributed by atoms with Gasteiger partial charge in [0.1, 0.15) is 6.10 Å². The number of amides is 1. The van der Waals surface area contributed by atoms with E-state index in [1.54, 1.807) is 24.3 Å². The Hall–Kier alpha value is -0.760. The quantitative estimate of drug-likeness (QED) is 0.819. The second-order valence-corrected chi connectivity index (χ2v) is 4.25. The van der Waals surface area contributed by atoms with Crippen molar-refractivity contribution in [2.75, 3.05) is 6.54 Å². The Kier molecular flexibility index (Phi) is 5.07. The van der Waals surface area contributed by atoms with E-state index in [0.29, 0.717) is 5.56 Å². The minimum absolute atomic E-state index is 0.407. The summed E-state index contributed by atoms with van der Waals surface area (Å²) >= 11 is 1.97. The lowest BCUT2D eigenvalue weighted by Crippen LogP contribution is -2.36. The number of carbonyl (C=O) groups excluding carboxylic acids is 1. The Labute approximate surface area is 105 Å². The number of rotatable bonds is 4. The fourth-order valence-corrected chi connectivity index (χ4v) is 1.66. The average molecular weight is 341 g/mol. The van der Waals surface area contributed by atoms with Crippen molar-refractivity contribution in [3.05, 3.63) is 33.4 Å². The molecule has 1 amide bonds. The van der Waals surface area contributed by atoms with E-state index in [1.807, 2.05) is 22.6 Å². The summed E-state index contributed by atoms with van der Waals surface area (Å²) in [4.78, 5) is 11.5. The van der Waals surface area contributed by atoms with E-state index in [1.165, 1.54) is 0 Å². The van der Waals surface area contributed by atoms with Crippen LogP contribution in [0.25, 0.3) is 0 Å². The molecule has 0 heterocycles. The summed E-state index contributed by atoms with van der Waals surface area (Å²) in [6.45, 7) is -0.457. The smallest absolute Gasteiger partial charge is 0.265 e. The minimum atomic E-state index is -2.85. The molecule has 0 aliphatic rings. The number of alkyl halides is 2. The summed E-state index contributed by atoms with van der Waals surface area (Å²) in [5.41, 5.74) is 0.407. The lowest BCUT2D eigenvalue weighted by atomic mass is 10.2. The molecule has 6 heteroatoms. The molecule has 1 atom stereocenters. The molecular weight excluding hydrogens is 331 g/mol. The van der Waals surface area contributed by atoms with Gasteiger partial charge in [-0.2, -0.15) is 0 Å². The highest BCUT2D eigenvalue weighted by Crippen LogP contribution is 2.11. The molecule has 0 spiro atoms. The molecular formula is C10H10F2INO2. The predicted octanol–water partition coefficient (Wildman–Crippen LogP) is 1.65. The number of carbonyl (C=O) groups is 1. The molecule has 0 aliphatic heterocycles. The maximum atomic E-state index is 12.0. The van der Waals surface area contributed by atoms with Crippen LogP contribution in [-0.4, -0.2) is 30.1 Å². The third-order valence-corrected chi connectivity index (χ3v) is 2.82. The van der Waals surface area contributed by atoms with Crippen molar-refractivity contribution in [1.82, 2.24) is 5.32 Å². The van der Waals surface area contributed by atoms with Crippen LogP contribution in [0.5, 0.6) is 0 Å².